The van der Waals surface area contributed by atoms with Crippen LogP contribution in [0, 0.1) is 0 Å². The molecule has 1 saturated carbocycles. The highest BCUT2D eigenvalue weighted by atomic mass is 16.7. The van der Waals surface area contributed by atoms with E-state index in [1.54, 1.807) is 14.2 Å². The van der Waals surface area contributed by atoms with E-state index in [4.69, 9.17) is 14.3 Å². The van der Waals surface area contributed by atoms with Crippen LogP contribution < -0.4 is 9.47 Å². The lowest BCUT2D eigenvalue weighted by Gasteiger charge is -2.18. The molecule has 0 radical (unpaired) electrons. The van der Waals surface area contributed by atoms with E-state index in [2.05, 4.69) is 0 Å². The van der Waals surface area contributed by atoms with Gasteiger partial charge < -0.3 is 9.47 Å². The van der Waals surface area contributed by atoms with Crippen molar-refractivity contribution in [2.24, 2.45) is 0 Å². The summed E-state index contributed by atoms with van der Waals surface area (Å²) in [7, 11) is 3.27. The number of ether oxygens (including phenoxy) is 2. The fraction of sp³-hybridized carbons (Fsp3) is 0.353. The maximum atomic E-state index is 11.1. The number of hydrogen-bond donors (Lipinski definition) is 0. The third-order valence-corrected chi connectivity index (χ3v) is 3.89. The minimum Gasteiger partial charge on any atom is -0.497 e. The molecule has 5 nitrogen and oxygen atoms in total. The Morgan fingerprint density at radius 3 is 2.59 bits per heavy atom. The van der Waals surface area contributed by atoms with Gasteiger partial charge >= 0.3 is 0 Å². The molecule has 0 atom stereocenters. The van der Waals surface area contributed by atoms with Crippen LogP contribution in [0.5, 0.6) is 11.5 Å². The molecule has 0 unspecified atom stereocenters. The molecule has 0 spiro atoms. The van der Waals surface area contributed by atoms with Crippen LogP contribution in [-0.2, 0) is 16.2 Å². The second kappa shape index (κ2) is 6.23. The van der Waals surface area contributed by atoms with Gasteiger partial charge in [-0.3, -0.25) is 9.63 Å². The van der Waals surface area contributed by atoms with E-state index < -0.39 is 0 Å². The largest absolute Gasteiger partial charge is 0.497 e. The molecular formula is C17H19NO4. The van der Waals surface area contributed by atoms with E-state index in [1.807, 2.05) is 30.3 Å². The van der Waals surface area contributed by atoms with Crippen molar-refractivity contribution in [1.29, 1.82) is 0 Å². The number of benzene rings is 2. The van der Waals surface area contributed by atoms with E-state index in [0.717, 1.165) is 47.1 Å². The standard InChI is InChI=1S/C17H19NO4/c1-20-14-7-3-12-4-8-17(21-2)16(15(12)9-14)10-22-18(11-19)13-5-6-13/h3-4,7-9,11,13H,5-6,10H2,1-2H3. The van der Waals surface area contributed by atoms with Gasteiger partial charge in [0.25, 0.3) is 0 Å². The molecule has 0 aromatic heterocycles. The highest BCUT2D eigenvalue weighted by Crippen LogP contribution is 2.32. The number of methoxy groups -OCH3 is 2. The zero-order chi connectivity index (χ0) is 15.5. The molecule has 1 amide bonds. The van der Waals surface area contributed by atoms with Gasteiger partial charge in [-0.25, -0.2) is 5.06 Å². The van der Waals surface area contributed by atoms with E-state index in [9.17, 15) is 4.79 Å². The zero-order valence-electron chi connectivity index (χ0n) is 12.7. The van der Waals surface area contributed by atoms with Crippen LogP contribution in [0.2, 0.25) is 0 Å². The van der Waals surface area contributed by atoms with Crippen molar-refractivity contribution >= 4 is 17.2 Å². The maximum absolute atomic E-state index is 11.1. The highest BCUT2D eigenvalue weighted by Gasteiger charge is 2.29. The van der Waals surface area contributed by atoms with Crippen LogP contribution in [0.4, 0.5) is 0 Å². The lowest BCUT2D eigenvalue weighted by atomic mass is 10.0. The van der Waals surface area contributed by atoms with Crippen molar-refractivity contribution in [1.82, 2.24) is 5.06 Å². The lowest BCUT2D eigenvalue weighted by Crippen LogP contribution is -2.24. The molecule has 1 fully saturated rings. The van der Waals surface area contributed by atoms with Crippen LogP contribution in [0.1, 0.15) is 18.4 Å². The summed E-state index contributed by atoms with van der Waals surface area (Å²) in [6.07, 6.45) is 2.74. The summed E-state index contributed by atoms with van der Waals surface area (Å²) >= 11 is 0. The topological polar surface area (TPSA) is 48.0 Å². The monoisotopic (exact) mass is 301 g/mol. The van der Waals surface area contributed by atoms with Gasteiger partial charge in [-0.05, 0) is 41.8 Å². The number of amides is 1. The van der Waals surface area contributed by atoms with Gasteiger partial charge in [0.2, 0.25) is 6.41 Å². The van der Waals surface area contributed by atoms with Gasteiger partial charge in [-0.1, -0.05) is 12.1 Å². The first-order valence-electron chi connectivity index (χ1n) is 7.27. The number of rotatable bonds is 7. The predicted octanol–water partition coefficient (Wildman–Crippen LogP) is 2.91. The highest BCUT2D eigenvalue weighted by molar-refractivity contribution is 5.89. The maximum Gasteiger partial charge on any atom is 0.233 e. The summed E-state index contributed by atoms with van der Waals surface area (Å²) in [5.41, 5.74) is 0.909. The average molecular weight is 301 g/mol. The molecule has 22 heavy (non-hydrogen) atoms. The molecule has 1 aliphatic carbocycles. The van der Waals surface area contributed by atoms with Crippen LogP contribution in [0.3, 0.4) is 0 Å². The van der Waals surface area contributed by atoms with Crippen LogP contribution in [-0.4, -0.2) is 31.7 Å². The predicted molar refractivity (Wildman–Crippen MR) is 82.8 cm³/mol. The van der Waals surface area contributed by atoms with Crippen molar-refractivity contribution < 1.29 is 19.1 Å². The van der Waals surface area contributed by atoms with E-state index in [-0.39, 0.29) is 12.6 Å². The molecule has 0 saturated heterocycles. The van der Waals surface area contributed by atoms with Crippen molar-refractivity contribution in [3.8, 4) is 11.5 Å². The van der Waals surface area contributed by atoms with Gasteiger partial charge in [0, 0.05) is 5.56 Å². The molecule has 2 aromatic carbocycles. The van der Waals surface area contributed by atoms with Crippen LogP contribution >= 0.6 is 0 Å². The van der Waals surface area contributed by atoms with Crippen molar-refractivity contribution in [2.75, 3.05) is 14.2 Å². The third kappa shape index (κ3) is 2.85. The second-order valence-electron chi connectivity index (χ2n) is 5.30. The van der Waals surface area contributed by atoms with Gasteiger partial charge in [-0.2, -0.15) is 0 Å². The number of carbonyl (C=O) groups is 1. The molecule has 0 heterocycles. The molecule has 5 heteroatoms. The van der Waals surface area contributed by atoms with Crippen LogP contribution in [0.15, 0.2) is 30.3 Å². The van der Waals surface area contributed by atoms with Gasteiger partial charge in [0.15, 0.2) is 0 Å². The molecule has 0 aliphatic heterocycles. The Bertz CT molecular complexity index is 676. The smallest absolute Gasteiger partial charge is 0.233 e. The lowest BCUT2D eigenvalue weighted by molar-refractivity contribution is -0.181. The molecule has 116 valence electrons. The Morgan fingerprint density at radius 1 is 1.18 bits per heavy atom. The Labute approximate surface area is 129 Å². The fourth-order valence-electron chi connectivity index (χ4n) is 2.50. The minimum atomic E-state index is 0.216. The molecule has 2 aromatic rings. The summed E-state index contributed by atoms with van der Waals surface area (Å²) in [6.45, 7) is 0.281. The molecule has 3 rings (SSSR count). The van der Waals surface area contributed by atoms with E-state index in [1.165, 1.54) is 5.06 Å². The first kappa shape index (κ1) is 14.7. The molecular weight excluding hydrogens is 282 g/mol. The quantitative estimate of drug-likeness (QED) is 0.583. The van der Waals surface area contributed by atoms with E-state index >= 15 is 0 Å². The van der Waals surface area contributed by atoms with Gasteiger partial charge in [0.1, 0.15) is 18.1 Å². The fourth-order valence-corrected chi connectivity index (χ4v) is 2.50. The SMILES string of the molecule is COc1ccc2ccc(OC)c(CON(C=O)C3CC3)c2c1. The molecule has 1 aliphatic rings. The van der Waals surface area contributed by atoms with Crippen molar-refractivity contribution in [3.05, 3.63) is 35.9 Å². The Balaban J connectivity index is 1.95. The van der Waals surface area contributed by atoms with Gasteiger partial charge in [0.05, 0.1) is 20.3 Å². The first-order chi connectivity index (χ1) is 10.8. The molecule has 0 bridgehead atoms. The number of fused-ring (bicyclic) bond motifs is 1. The number of hydroxylamine groups is 2. The van der Waals surface area contributed by atoms with Crippen LogP contribution in [0.25, 0.3) is 10.8 Å². The normalized spacial score (nSPS) is 13.9. The average Bonchev–Trinajstić information content (AvgIpc) is 3.39. The number of hydrogen-bond acceptors (Lipinski definition) is 4. The first-order valence-corrected chi connectivity index (χ1v) is 7.27. The minimum absolute atomic E-state index is 0.216. The van der Waals surface area contributed by atoms with E-state index in [0.29, 0.717) is 0 Å². The summed E-state index contributed by atoms with van der Waals surface area (Å²) in [5, 5.41) is 3.47. The van der Waals surface area contributed by atoms with Crippen molar-refractivity contribution in [2.45, 2.75) is 25.5 Å². The summed E-state index contributed by atoms with van der Waals surface area (Å²) in [4.78, 5) is 16.7. The molecule has 0 N–H and O–H groups in total. The zero-order valence-corrected chi connectivity index (χ0v) is 12.7. The summed E-state index contributed by atoms with van der Waals surface area (Å²) in [6, 6.07) is 9.99. The summed E-state index contributed by atoms with van der Waals surface area (Å²) in [5.74, 6) is 1.51. The number of carbonyl (C=O) groups excluding carboxylic acids is 1. The Morgan fingerprint density at radius 2 is 1.95 bits per heavy atom. The van der Waals surface area contributed by atoms with Gasteiger partial charge in [-0.15, -0.1) is 0 Å². The number of nitrogens with zero attached hydrogens (tertiary/aromatic N) is 1. The Hall–Kier alpha value is -2.27. The summed E-state index contributed by atoms with van der Waals surface area (Å²) < 4.78 is 10.7. The second-order valence-corrected chi connectivity index (χ2v) is 5.30. The Kier molecular flexibility index (Phi) is 4.15. The van der Waals surface area contributed by atoms with Crippen molar-refractivity contribution in [3.63, 3.8) is 0 Å². The third-order valence-electron chi connectivity index (χ3n) is 3.89.